The number of nitrogens with one attached hydrogen (secondary N) is 2. The molecule has 0 unspecified atom stereocenters. The summed E-state index contributed by atoms with van der Waals surface area (Å²) in [6.45, 7) is 0. The molecule has 1 aromatic carbocycles. The summed E-state index contributed by atoms with van der Waals surface area (Å²) in [7, 11) is 0. The van der Waals surface area contributed by atoms with Crippen LogP contribution in [0.3, 0.4) is 0 Å². The number of H-pyrrole nitrogens is 1. The molecule has 5 nitrogen and oxygen atoms in total. The van der Waals surface area contributed by atoms with E-state index in [-0.39, 0.29) is 4.77 Å². The van der Waals surface area contributed by atoms with Gasteiger partial charge in [-0.2, -0.15) is 22.9 Å². The third-order valence-corrected chi connectivity index (χ3v) is 2.44. The van der Waals surface area contributed by atoms with Gasteiger partial charge >= 0.3 is 6.18 Å². The van der Waals surface area contributed by atoms with Crippen molar-refractivity contribution in [1.29, 1.82) is 0 Å². The fraction of sp³-hybridized carbons (Fsp3) is 0.100. The molecule has 1 heterocycles. The quantitative estimate of drug-likeness (QED) is 0.397. The Bertz CT molecular complexity index is 670. The number of benzene rings is 1. The van der Waals surface area contributed by atoms with E-state index in [0.717, 1.165) is 0 Å². The lowest BCUT2D eigenvalue weighted by Gasteiger charge is -2.07. The summed E-state index contributed by atoms with van der Waals surface area (Å²) in [4.78, 5) is 0. The Hall–Kier alpha value is -2.23. The molecule has 2 rings (SSSR count). The molecule has 0 radical (unpaired) electrons. The van der Waals surface area contributed by atoms with E-state index in [9.17, 15) is 17.6 Å². The van der Waals surface area contributed by atoms with Crippen LogP contribution in [0.2, 0.25) is 0 Å². The zero-order valence-electron chi connectivity index (χ0n) is 9.65. The number of hydrogen-bond acceptors (Lipinski definition) is 4. The molecule has 0 saturated heterocycles. The zero-order chi connectivity index (χ0) is 14.8. The van der Waals surface area contributed by atoms with E-state index < -0.39 is 17.8 Å². The molecule has 0 atom stereocenters. The SMILES string of the molecule is Fc1ccc(/C=N/Nn2c(C(F)(F)F)n[nH]c2=S)cc1. The third-order valence-electron chi connectivity index (χ3n) is 2.17. The van der Waals surface area contributed by atoms with Crippen LogP contribution in [0, 0.1) is 10.6 Å². The molecule has 0 spiro atoms. The second-order valence-corrected chi connectivity index (χ2v) is 3.98. The predicted octanol–water partition coefficient (Wildman–Crippen LogP) is 2.68. The van der Waals surface area contributed by atoms with Crippen LogP contribution in [0.25, 0.3) is 0 Å². The number of rotatable bonds is 3. The van der Waals surface area contributed by atoms with Crippen molar-refractivity contribution in [1.82, 2.24) is 14.9 Å². The molecule has 20 heavy (non-hydrogen) atoms. The lowest BCUT2D eigenvalue weighted by Crippen LogP contribution is -2.20. The average molecular weight is 305 g/mol. The fourth-order valence-corrected chi connectivity index (χ4v) is 1.46. The predicted molar refractivity (Wildman–Crippen MR) is 65.8 cm³/mol. The maximum Gasteiger partial charge on any atom is 0.453 e. The molecule has 0 fully saturated rings. The Labute approximate surface area is 114 Å². The maximum absolute atomic E-state index is 12.7. The van der Waals surface area contributed by atoms with Crippen LogP contribution < -0.4 is 5.53 Å². The standard InChI is InChI=1S/C10H7F4N5S/c11-7-3-1-6(2-4-7)5-15-18-19-8(10(12,13)14)16-17-9(19)20/h1-5,18H,(H,17,20)/b15-5+. The first-order chi connectivity index (χ1) is 9.38. The summed E-state index contributed by atoms with van der Waals surface area (Å²) in [5.41, 5.74) is 2.61. The Morgan fingerprint density at radius 1 is 1.30 bits per heavy atom. The Balaban J connectivity index is 2.17. The largest absolute Gasteiger partial charge is 0.453 e. The Morgan fingerprint density at radius 2 is 1.95 bits per heavy atom. The van der Waals surface area contributed by atoms with Crippen LogP contribution in [0.15, 0.2) is 29.4 Å². The number of hydrazone groups is 1. The number of aromatic nitrogens is 3. The minimum Gasteiger partial charge on any atom is -0.250 e. The van der Waals surface area contributed by atoms with Crippen LogP contribution in [-0.2, 0) is 6.18 Å². The first kappa shape index (κ1) is 14.2. The molecular formula is C10H7F4N5S. The fourth-order valence-electron chi connectivity index (χ4n) is 1.29. The molecule has 0 amide bonds. The lowest BCUT2D eigenvalue weighted by atomic mass is 10.2. The molecule has 0 bridgehead atoms. The van der Waals surface area contributed by atoms with Gasteiger partial charge in [0.15, 0.2) is 0 Å². The first-order valence-corrected chi connectivity index (χ1v) is 5.58. The van der Waals surface area contributed by atoms with Gasteiger partial charge < -0.3 is 0 Å². The minimum atomic E-state index is -4.67. The smallest absolute Gasteiger partial charge is 0.250 e. The zero-order valence-corrected chi connectivity index (χ0v) is 10.5. The van der Waals surface area contributed by atoms with Crippen molar-refractivity contribution >= 4 is 18.4 Å². The first-order valence-electron chi connectivity index (χ1n) is 5.17. The van der Waals surface area contributed by atoms with Crippen molar-refractivity contribution in [3.8, 4) is 0 Å². The molecule has 0 aliphatic rings. The molecular weight excluding hydrogens is 298 g/mol. The van der Waals surface area contributed by atoms with Gasteiger partial charge in [0.25, 0.3) is 5.82 Å². The van der Waals surface area contributed by atoms with E-state index >= 15 is 0 Å². The van der Waals surface area contributed by atoms with Gasteiger partial charge in [-0.25, -0.2) is 15.0 Å². The molecule has 10 heteroatoms. The molecule has 0 aliphatic carbocycles. The maximum atomic E-state index is 12.7. The second-order valence-electron chi connectivity index (χ2n) is 3.60. The summed E-state index contributed by atoms with van der Waals surface area (Å²) in [5.74, 6) is -1.68. The average Bonchev–Trinajstić information content (AvgIpc) is 2.73. The van der Waals surface area contributed by atoms with Crippen LogP contribution in [0.1, 0.15) is 11.4 Å². The van der Waals surface area contributed by atoms with Gasteiger partial charge in [0.2, 0.25) is 4.77 Å². The molecule has 2 N–H and O–H groups in total. The highest BCUT2D eigenvalue weighted by atomic mass is 32.1. The number of nitrogens with zero attached hydrogens (tertiary/aromatic N) is 3. The topological polar surface area (TPSA) is 58.0 Å². The number of alkyl halides is 3. The van der Waals surface area contributed by atoms with E-state index in [2.05, 4.69) is 28.0 Å². The molecule has 106 valence electrons. The highest BCUT2D eigenvalue weighted by molar-refractivity contribution is 7.71. The normalized spacial score (nSPS) is 12.0. The van der Waals surface area contributed by atoms with Crippen molar-refractivity contribution in [2.24, 2.45) is 5.10 Å². The van der Waals surface area contributed by atoms with Crippen LogP contribution in [0.4, 0.5) is 17.6 Å². The third kappa shape index (κ3) is 3.20. The Morgan fingerprint density at radius 3 is 2.55 bits per heavy atom. The highest BCUT2D eigenvalue weighted by Gasteiger charge is 2.37. The van der Waals surface area contributed by atoms with E-state index in [1.165, 1.54) is 30.5 Å². The highest BCUT2D eigenvalue weighted by Crippen LogP contribution is 2.26. The van der Waals surface area contributed by atoms with Crippen molar-refractivity contribution in [3.05, 3.63) is 46.2 Å². The summed E-state index contributed by atoms with van der Waals surface area (Å²) >= 11 is 4.65. The van der Waals surface area contributed by atoms with Gasteiger partial charge in [-0.1, -0.05) is 12.1 Å². The number of aromatic amines is 1. The molecule has 1 aromatic heterocycles. The summed E-state index contributed by atoms with van der Waals surface area (Å²) in [6, 6.07) is 5.23. The van der Waals surface area contributed by atoms with E-state index in [4.69, 9.17) is 0 Å². The van der Waals surface area contributed by atoms with Crippen molar-refractivity contribution in [2.45, 2.75) is 6.18 Å². The summed E-state index contributed by atoms with van der Waals surface area (Å²) in [6.07, 6.45) is -3.46. The van der Waals surface area contributed by atoms with Crippen LogP contribution in [0.5, 0.6) is 0 Å². The lowest BCUT2D eigenvalue weighted by molar-refractivity contribution is -0.146. The van der Waals surface area contributed by atoms with Crippen molar-refractivity contribution in [3.63, 3.8) is 0 Å². The van der Waals surface area contributed by atoms with E-state index in [0.29, 0.717) is 10.2 Å². The Kier molecular flexibility index (Phi) is 3.84. The van der Waals surface area contributed by atoms with Crippen LogP contribution >= 0.6 is 12.2 Å². The number of hydrogen-bond donors (Lipinski definition) is 2. The van der Waals surface area contributed by atoms with E-state index in [1.54, 1.807) is 0 Å². The minimum absolute atomic E-state index is 0.284. The molecule has 0 aliphatic heterocycles. The van der Waals surface area contributed by atoms with Gasteiger partial charge in [-0.3, -0.25) is 0 Å². The van der Waals surface area contributed by atoms with Gasteiger partial charge in [-0.15, -0.1) is 5.10 Å². The van der Waals surface area contributed by atoms with Crippen molar-refractivity contribution in [2.75, 3.05) is 5.53 Å². The van der Waals surface area contributed by atoms with Crippen LogP contribution in [-0.4, -0.2) is 21.1 Å². The van der Waals surface area contributed by atoms with Crippen molar-refractivity contribution < 1.29 is 17.6 Å². The van der Waals surface area contributed by atoms with Gasteiger partial charge in [0.05, 0.1) is 6.21 Å². The number of halogens is 4. The van der Waals surface area contributed by atoms with Gasteiger partial charge in [0, 0.05) is 0 Å². The molecule has 0 saturated carbocycles. The second kappa shape index (κ2) is 5.41. The molecule has 2 aromatic rings. The summed E-state index contributed by atoms with van der Waals surface area (Å²) in [5, 5.41) is 8.66. The van der Waals surface area contributed by atoms with Gasteiger partial charge in [0.1, 0.15) is 5.82 Å². The van der Waals surface area contributed by atoms with E-state index in [1.807, 2.05) is 5.10 Å². The van der Waals surface area contributed by atoms with Gasteiger partial charge in [-0.05, 0) is 29.9 Å². The summed E-state index contributed by atoms with van der Waals surface area (Å²) < 4.78 is 50.6. The monoisotopic (exact) mass is 305 g/mol.